The van der Waals surface area contributed by atoms with E-state index in [1.165, 1.54) is 19.3 Å². The van der Waals surface area contributed by atoms with Gasteiger partial charge in [0.25, 0.3) is 0 Å². The van der Waals surface area contributed by atoms with E-state index in [9.17, 15) is 4.79 Å². The largest absolute Gasteiger partial charge is 0.342 e. The monoisotopic (exact) mass is 255 g/mol. The summed E-state index contributed by atoms with van der Waals surface area (Å²) in [7, 11) is 1.89. The fraction of sp³-hybridized carbons (Fsp3) is 0.929. The van der Waals surface area contributed by atoms with Gasteiger partial charge in [0.05, 0.1) is 6.54 Å². The number of hydrogen-bond acceptors (Lipinski definition) is 3. The summed E-state index contributed by atoms with van der Waals surface area (Å²) < 4.78 is 0. The zero-order valence-electron chi connectivity index (χ0n) is 12.4. The molecule has 1 unspecified atom stereocenters. The van der Waals surface area contributed by atoms with Gasteiger partial charge in [-0.05, 0) is 46.2 Å². The number of nitrogens with zero attached hydrogens (tertiary/aromatic N) is 2. The van der Waals surface area contributed by atoms with Gasteiger partial charge in [-0.25, -0.2) is 0 Å². The van der Waals surface area contributed by atoms with Gasteiger partial charge in [-0.1, -0.05) is 6.92 Å². The molecule has 1 aliphatic rings. The van der Waals surface area contributed by atoms with Crippen LogP contribution in [0.2, 0.25) is 0 Å². The molecule has 1 saturated heterocycles. The lowest BCUT2D eigenvalue weighted by molar-refractivity contribution is -0.132. The number of rotatable bonds is 6. The summed E-state index contributed by atoms with van der Waals surface area (Å²) in [5, 5.41) is 3.56. The van der Waals surface area contributed by atoms with Crippen molar-refractivity contribution in [3.8, 4) is 0 Å². The van der Waals surface area contributed by atoms with Crippen LogP contribution in [-0.4, -0.2) is 61.0 Å². The molecule has 0 spiro atoms. The maximum atomic E-state index is 12.0. The zero-order chi connectivity index (χ0) is 13.5. The molecule has 106 valence electrons. The standard InChI is InChI=1S/C14H29N3O/c1-5-8-15-13-7-6-9-17(10-13)11-14(18)16(4)12(2)3/h12-13,15H,5-11H2,1-4H3. The zero-order valence-corrected chi connectivity index (χ0v) is 12.4. The van der Waals surface area contributed by atoms with E-state index in [0.29, 0.717) is 12.6 Å². The van der Waals surface area contributed by atoms with Crippen molar-refractivity contribution in [2.45, 2.75) is 52.1 Å². The van der Waals surface area contributed by atoms with Crippen molar-refractivity contribution in [3.63, 3.8) is 0 Å². The second kappa shape index (κ2) is 7.74. The van der Waals surface area contributed by atoms with E-state index in [2.05, 4.69) is 31.0 Å². The predicted molar refractivity (Wildman–Crippen MR) is 75.7 cm³/mol. The molecule has 1 N–H and O–H groups in total. The molecule has 0 aromatic carbocycles. The number of hydrogen-bond donors (Lipinski definition) is 1. The van der Waals surface area contributed by atoms with Crippen LogP contribution in [0.25, 0.3) is 0 Å². The highest BCUT2D eigenvalue weighted by atomic mass is 16.2. The van der Waals surface area contributed by atoms with E-state index < -0.39 is 0 Å². The van der Waals surface area contributed by atoms with Crippen LogP contribution in [0.15, 0.2) is 0 Å². The molecule has 0 saturated carbocycles. The average molecular weight is 255 g/mol. The molecule has 18 heavy (non-hydrogen) atoms. The summed E-state index contributed by atoms with van der Waals surface area (Å²) in [6.07, 6.45) is 3.61. The van der Waals surface area contributed by atoms with Gasteiger partial charge in [0.1, 0.15) is 0 Å². The third-order valence-electron chi connectivity index (χ3n) is 3.72. The van der Waals surface area contributed by atoms with Crippen LogP contribution in [0, 0.1) is 0 Å². The lowest BCUT2D eigenvalue weighted by Crippen LogP contribution is -2.49. The normalized spacial score (nSPS) is 21.3. The number of likely N-dealkylation sites (tertiary alicyclic amines) is 1. The molecule has 0 bridgehead atoms. The Hall–Kier alpha value is -0.610. The predicted octanol–water partition coefficient (Wildman–Crippen LogP) is 1.32. The SMILES string of the molecule is CCCNC1CCCN(CC(=O)N(C)C(C)C)C1. The highest BCUT2D eigenvalue weighted by Crippen LogP contribution is 2.10. The minimum Gasteiger partial charge on any atom is -0.342 e. The first-order valence-corrected chi connectivity index (χ1v) is 7.26. The Morgan fingerprint density at radius 2 is 2.22 bits per heavy atom. The third-order valence-corrected chi connectivity index (χ3v) is 3.72. The summed E-state index contributed by atoms with van der Waals surface area (Å²) in [5.74, 6) is 0.237. The van der Waals surface area contributed by atoms with Crippen LogP contribution in [-0.2, 0) is 4.79 Å². The Balaban J connectivity index is 2.35. The van der Waals surface area contributed by atoms with Crippen LogP contribution in [0.5, 0.6) is 0 Å². The molecule has 1 fully saturated rings. The topological polar surface area (TPSA) is 35.6 Å². The molecule has 4 heteroatoms. The third kappa shape index (κ3) is 4.94. The molecule has 1 amide bonds. The second-order valence-electron chi connectivity index (χ2n) is 5.63. The smallest absolute Gasteiger partial charge is 0.236 e. The van der Waals surface area contributed by atoms with Crippen molar-refractivity contribution in [2.75, 3.05) is 33.2 Å². The van der Waals surface area contributed by atoms with Crippen LogP contribution >= 0.6 is 0 Å². The highest BCUT2D eigenvalue weighted by Gasteiger charge is 2.22. The summed E-state index contributed by atoms with van der Waals surface area (Å²) in [6.45, 7) is 10.0. The van der Waals surface area contributed by atoms with Crippen molar-refractivity contribution in [3.05, 3.63) is 0 Å². The fourth-order valence-electron chi connectivity index (χ4n) is 2.31. The fourth-order valence-corrected chi connectivity index (χ4v) is 2.31. The van der Waals surface area contributed by atoms with Gasteiger partial charge in [-0.15, -0.1) is 0 Å². The molecular formula is C14H29N3O. The molecule has 1 rings (SSSR count). The lowest BCUT2D eigenvalue weighted by atomic mass is 10.1. The number of piperidine rings is 1. The number of carbonyl (C=O) groups excluding carboxylic acids is 1. The van der Waals surface area contributed by atoms with Crippen LogP contribution in [0.4, 0.5) is 0 Å². The van der Waals surface area contributed by atoms with Crippen LogP contribution in [0.1, 0.15) is 40.0 Å². The van der Waals surface area contributed by atoms with E-state index >= 15 is 0 Å². The van der Waals surface area contributed by atoms with E-state index in [1.807, 2.05) is 11.9 Å². The first kappa shape index (κ1) is 15.4. The first-order valence-electron chi connectivity index (χ1n) is 7.26. The molecule has 1 atom stereocenters. The minimum absolute atomic E-state index is 0.237. The van der Waals surface area contributed by atoms with Gasteiger partial charge in [0.2, 0.25) is 5.91 Å². The van der Waals surface area contributed by atoms with Crippen molar-refractivity contribution in [1.29, 1.82) is 0 Å². The van der Waals surface area contributed by atoms with Crippen LogP contribution < -0.4 is 5.32 Å². The first-order chi connectivity index (χ1) is 8.54. The van der Waals surface area contributed by atoms with Gasteiger partial charge >= 0.3 is 0 Å². The van der Waals surface area contributed by atoms with Gasteiger partial charge in [-0.2, -0.15) is 0 Å². The minimum atomic E-state index is 0.237. The van der Waals surface area contributed by atoms with Gasteiger partial charge in [0, 0.05) is 25.7 Å². The summed E-state index contributed by atoms with van der Waals surface area (Å²) in [4.78, 5) is 16.2. The van der Waals surface area contributed by atoms with E-state index in [4.69, 9.17) is 0 Å². The maximum Gasteiger partial charge on any atom is 0.236 e. The quantitative estimate of drug-likeness (QED) is 0.777. The molecule has 0 aliphatic carbocycles. The Labute approximate surface area is 112 Å². The summed E-state index contributed by atoms with van der Waals surface area (Å²) in [5.41, 5.74) is 0. The number of carbonyl (C=O) groups is 1. The lowest BCUT2D eigenvalue weighted by Gasteiger charge is -2.34. The Kier molecular flexibility index (Phi) is 6.65. The van der Waals surface area contributed by atoms with Crippen molar-refractivity contribution < 1.29 is 4.79 Å². The molecule has 0 radical (unpaired) electrons. The van der Waals surface area contributed by atoms with E-state index in [-0.39, 0.29) is 11.9 Å². The van der Waals surface area contributed by atoms with Crippen molar-refractivity contribution in [2.24, 2.45) is 0 Å². The molecular weight excluding hydrogens is 226 g/mol. The van der Waals surface area contributed by atoms with E-state index in [0.717, 1.165) is 19.6 Å². The molecule has 1 aliphatic heterocycles. The van der Waals surface area contributed by atoms with Gasteiger partial charge in [0.15, 0.2) is 0 Å². The van der Waals surface area contributed by atoms with Gasteiger partial charge in [-0.3, -0.25) is 9.69 Å². The Bertz CT molecular complexity index is 255. The Morgan fingerprint density at radius 3 is 2.83 bits per heavy atom. The molecule has 0 aromatic rings. The maximum absolute atomic E-state index is 12.0. The average Bonchev–Trinajstić information content (AvgIpc) is 2.35. The molecule has 4 nitrogen and oxygen atoms in total. The van der Waals surface area contributed by atoms with Gasteiger partial charge < -0.3 is 10.2 Å². The summed E-state index contributed by atoms with van der Waals surface area (Å²) >= 11 is 0. The highest BCUT2D eigenvalue weighted by molar-refractivity contribution is 5.78. The van der Waals surface area contributed by atoms with Crippen molar-refractivity contribution >= 4 is 5.91 Å². The number of amides is 1. The van der Waals surface area contributed by atoms with Crippen LogP contribution in [0.3, 0.4) is 0 Å². The number of nitrogens with one attached hydrogen (secondary N) is 1. The molecule has 1 heterocycles. The van der Waals surface area contributed by atoms with E-state index in [1.54, 1.807) is 0 Å². The molecule has 0 aromatic heterocycles. The summed E-state index contributed by atoms with van der Waals surface area (Å²) in [6, 6.07) is 0.854. The Morgan fingerprint density at radius 1 is 1.50 bits per heavy atom. The number of likely N-dealkylation sites (N-methyl/N-ethyl adjacent to an activating group) is 1. The van der Waals surface area contributed by atoms with Crippen molar-refractivity contribution in [1.82, 2.24) is 15.1 Å². The second-order valence-corrected chi connectivity index (χ2v) is 5.63.